The Morgan fingerprint density at radius 3 is 2.64 bits per heavy atom. The summed E-state index contributed by atoms with van der Waals surface area (Å²) in [6, 6.07) is 8.43. The van der Waals surface area contributed by atoms with Gasteiger partial charge in [-0.15, -0.1) is 0 Å². The molecule has 1 aromatic carbocycles. The molecule has 0 saturated carbocycles. The van der Waals surface area contributed by atoms with Crippen molar-refractivity contribution in [2.24, 2.45) is 5.73 Å². The lowest BCUT2D eigenvalue weighted by Crippen LogP contribution is -2.13. The fourth-order valence-electron chi connectivity index (χ4n) is 1.78. The van der Waals surface area contributed by atoms with Crippen LogP contribution in [-0.4, -0.2) is 20.3 Å². The lowest BCUT2D eigenvalue weighted by atomic mass is 9.93. The molecule has 2 heteroatoms. The third kappa shape index (κ3) is 2.82. The summed E-state index contributed by atoms with van der Waals surface area (Å²) in [5.74, 6) is 0.436. The molecule has 2 N–H and O–H groups in total. The molecular formula is C12H19NO. The summed E-state index contributed by atoms with van der Waals surface area (Å²) < 4.78 is 5.21. The van der Waals surface area contributed by atoms with Crippen LogP contribution in [0.4, 0.5) is 0 Å². The molecule has 1 unspecified atom stereocenters. The smallest absolute Gasteiger partial charge is 0.0531 e. The Labute approximate surface area is 86.1 Å². The summed E-state index contributed by atoms with van der Waals surface area (Å²) in [4.78, 5) is 0. The molecule has 0 radical (unpaired) electrons. The standard InChI is InChI=1S/C12H19NO/c1-10-5-3-4-6-12(10)11(7-8-13)9-14-2/h3-6,11H,7-9,13H2,1-2H3. The molecule has 0 heterocycles. The maximum Gasteiger partial charge on any atom is 0.0531 e. The highest BCUT2D eigenvalue weighted by Gasteiger charge is 2.11. The summed E-state index contributed by atoms with van der Waals surface area (Å²) in [5, 5.41) is 0. The first-order valence-corrected chi connectivity index (χ1v) is 5.04. The third-order valence-corrected chi connectivity index (χ3v) is 2.51. The van der Waals surface area contributed by atoms with Crippen molar-refractivity contribution in [1.82, 2.24) is 0 Å². The first-order chi connectivity index (χ1) is 6.79. The number of ether oxygens (including phenoxy) is 1. The molecule has 0 fully saturated rings. The van der Waals surface area contributed by atoms with E-state index in [0.29, 0.717) is 12.5 Å². The van der Waals surface area contributed by atoms with Crippen molar-refractivity contribution in [3.05, 3.63) is 35.4 Å². The van der Waals surface area contributed by atoms with Crippen LogP contribution in [0.5, 0.6) is 0 Å². The molecule has 14 heavy (non-hydrogen) atoms. The van der Waals surface area contributed by atoms with Gasteiger partial charge in [0.25, 0.3) is 0 Å². The van der Waals surface area contributed by atoms with Crippen molar-refractivity contribution in [2.75, 3.05) is 20.3 Å². The topological polar surface area (TPSA) is 35.2 Å². The normalized spacial score (nSPS) is 12.8. The van der Waals surface area contributed by atoms with Crippen molar-refractivity contribution >= 4 is 0 Å². The monoisotopic (exact) mass is 193 g/mol. The zero-order valence-electron chi connectivity index (χ0n) is 8.99. The zero-order valence-corrected chi connectivity index (χ0v) is 8.99. The first-order valence-electron chi connectivity index (χ1n) is 5.04. The summed E-state index contributed by atoms with van der Waals surface area (Å²) in [5.41, 5.74) is 8.27. The number of benzene rings is 1. The van der Waals surface area contributed by atoms with Gasteiger partial charge in [-0.25, -0.2) is 0 Å². The van der Waals surface area contributed by atoms with Gasteiger partial charge in [-0.2, -0.15) is 0 Å². The number of hydrogen-bond acceptors (Lipinski definition) is 2. The summed E-state index contributed by atoms with van der Waals surface area (Å²) in [7, 11) is 1.74. The maximum atomic E-state index is 5.59. The van der Waals surface area contributed by atoms with Gasteiger partial charge >= 0.3 is 0 Å². The molecule has 1 aromatic rings. The van der Waals surface area contributed by atoms with Crippen LogP contribution >= 0.6 is 0 Å². The quantitative estimate of drug-likeness (QED) is 0.777. The van der Waals surface area contributed by atoms with Crippen molar-refractivity contribution in [1.29, 1.82) is 0 Å². The van der Waals surface area contributed by atoms with Crippen LogP contribution < -0.4 is 5.73 Å². The van der Waals surface area contributed by atoms with Crippen LogP contribution in [0.2, 0.25) is 0 Å². The van der Waals surface area contributed by atoms with E-state index < -0.39 is 0 Å². The van der Waals surface area contributed by atoms with Gasteiger partial charge in [0, 0.05) is 13.0 Å². The van der Waals surface area contributed by atoms with Crippen LogP contribution in [0.3, 0.4) is 0 Å². The molecule has 0 aliphatic heterocycles. The van der Waals surface area contributed by atoms with Crippen LogP contribution in [0, 0.1) is 6.92 Å². The molecule has 0 saturated heterocycles. The first kappa shape index (κ1) is 11.2. The molecule has 78 valence electrons. The van der Waals surface area contributed by atoms with E-state index >= 15 is 0 Å². The van der Waals surface area contributed by atoms with Gasteiger partial charge in [-0.3, -0.25) is 0 Å². The van der Waals surface area contributed by atoms with Gasteiger partial charge in [-0.1, -0.05) is 24.3 Å². The van der Waals surface area contributed by atoms with Gasteiger partial charge < -0.3 is 10.5 Å². The molecule has 0 aliphatic rings. The molecule has 1 rings (SSSR count). The van der Waals surface area contributed by atoms with E-state index in [1.54, 1.807) is 7.11 Å². The molecular weight excluding hydrogens is 174 g/mol. The van der Waals surface area contributed by atoms with Crippen molar-refractivity contribution < 1.29 is 4.74 Å². The number of hydrogen-bond donors (Lipinski definition) is 1. The summed E-state index contributed by atoms with van der Waals surface area (Å²) >= 11 is 0. The minimum Gasteiger partial charge on any atom is -0.384 e. The van der Waals surface area contributed by atoms with Gasteiger partial charge in [0.05, 0.1) is 6.61 Å². The highest BCUT2D eigenvalue weighted by Crippen LogP contribution is 2.22. The van der Waals surface area contributed by atoms with E-state index in [0.717, 1.165) is 13.0 Å². The Bertz CT molecular complexity index is 267. The SMILES string of the molecule is COCC(CCN)c1ccccc1C. The van der Waals surface area contributed by atoms with Crippen LogP contribution in [0.1, 0.15) is 23.5 Å². The average Bonchev–Trinajstić information content (AvgIpc) is 2.18. The minimum absolute atomic E-state index is 0.436. The van der Waals surface area contributed by atoms with Gasteiger partial charge in [0.2, 0.25) is 0 Å². The van der Waals surface area contributed by atoms with Crippen LogP contribution in [0.15, 0.2) is 24.3 Å². The van der Waals surface area contributed by atoms with E-state index in [4.69, 9.17) is 10.5 Å². The van der Waals surface area contributed by atoms with Gasteiger partial charge in [-0.05, 0) is 31.0 Å². The molecule has 0 aromatic heterocycles. The molecule has 1 atom stereocenters. The Morgan fingerprint density at radius 2 is 2.07 bits per heavy atom. The van der Waals surface area contributed by atoms with Crippen LogP contribution in [0.25, 0.3) is 0 Å². The maximum absolute atomic E-state index is 5.59. The Morgan fingerprint density at radius 1 is 1.36 bits per heavy atom. The second kappa shape index (κ2) is 5.78. The van der Waals surface area contributed by atoms with E-state index in [1.807, 2.05) is 0 Å². The largest absolute Gasteiger partial charge is 0.384 e. The predicted molar refractivity (Wildman–Crippen MR) is 59.5 cm³/mol. The van der Waals surface area contributed by atoms with Crippen LogP contribution in [-0.2, 0) is 4.74 Å². The molecule has 0 aliphatic carbocycles. The second-order valence-electron chi connectivity index (χ2n) is 3.59. The molecule has 0 bridgehead atoms. The van der Waals surface area contributed by atoms with Crippen molar-refractivity contribution in [3.8, 4) is 0 Å². The summed E-state index contributed by atoms with van der Waals surface area (Å²) in [6.45, 7) is 3.60. The Hall–Kier alpha value is -0.860. The fraction of sp³-hybridized carbons (Fsp3) is 0.500. The average molecular weight is 193 g/mol. The number of nitrogens with two attached hydrogens (primary N) is 1. The Balaban J connectivity index is 2.81. The minimum atomic E-state index is 0.436. The van der Waals surface area contributed by atoms with E-state index in [2.05, 4.69) is 31.2 Å². The molecule has 0 spiro atoms. The van der Waals surface area contributed by atoms with Gasteiger partial charge in [0.1, 0.15) is 0 Å². The molecule has 0 amide bonds. The van der Waals surface area contributed by atoms with E-state index in [1.165, 1.54) is 11.1 Å². The lowest BCUT2D eigenvalue weighted by molar-refractivity contribution is 0.176. The van der Waals surface area contributed by atoms with Crippen molar-refractivity contribution in [3.63, 3.8) is 0 Å². The molecule has 2 nitrogen and oxygen atoms in total. The number of aryl methyl sites for hydroxylation is 1. The third-order valence-electron chi connectivity index (χ3n) is 2.51. The zero-order chi connectivity index (χ0) is 10.4. The lowest BCUT2D eigenvalue weighted by Gasteiger charge is -2.17. The highest BCUT2D eigenvalue weighted by molar-refractivity contribution is 5.29. The Kier molecular flexibility index (Phi) is 4.63. The number of methoxy groups -OCH3 is 1. The summed E-state index contributed by atoms with van der Waals surface area (Å²) in [6.07, 6.45) is 0.985. The highest BCUT2D eigenvalue weighted by atomic mass is 16.5. The van der Waals surface area contributed by atoms with Crippen molar-refractivity contribution in [2.45, 2.75) is 19.3 Å². The fourth-order valence-corrected chi connectivity index (χ4v) is 1.78. The van der Waals surface area contributed by atoms with E-state index in [-0.39, 0.29) is 0 Å². The number of rotatable bonds is 5. The van der Waals surface area contributed by atoms with Gasteiger partial charge in [0.15, 0.2) is 0 Å². The predicted octanol–water partition coefficient (Wildman–Crippen LogP) is 2.07. The second-order valence-corrected chi connectivity index (χ2v) is 3.59. The van der Waals surface area contributed by atoms with E-state index in [9.17, 15) is 0 Å².